The summed E-state index contributed by atoms with van der Waals surface area (Å²) in [6, 6.07) is 0. The molecule has 0 radical (unpaired) electrons. The van der Waals surface area contributed by atoms with E-state index in [9.17, 15) is 0 Å². The highest BCUT2D eigenvalue weighted by Crippen LogP contribution is 2.28. The summed E-state index contributed by atoms with van der Waals surface area (Å²) in [5.41, 5.74) is -0.569. The molecule has 1 aliphatic rings. The van der Waals surface area contributed by atoms with Gasteiger partial charge in [0, 0.05) is 39.1 Å². The van der Waals surface area contributed by atoms with Crippen molar-refractivity contribution in [3.8, 4) is 0 Å². The first-order valence-corrected chi connectivity index (χ1v) is 14.6. The van der Waals surface area contributed by atoms with E-state index in [-0.39, 0.29) is 6.10 Å². The van der Waals surface area contributed by atoms with E-state index in [1.807, 2.05) is 20.8 Å². The van der Waals surface area contributed by atoms with Crippen molar-refractivity contribution in [2.75, 3.05) is 45.7 Å². The number of rotatable bonds is 13. The predicted octanol–water partition coefficient (Wildman–Crippen LogP) is 2.05. The minimum atomic E-state index is -2.31. The van der Waals surface area contributed by atoms with Crippen molar-refractivity contribution >= 4 is 18.1 Å². The molecule has 0 aromatic carbocycles. The lowest BCUT2D eigenvalue weighted by atomic mass is 10.3. The average molecular weight is 394 g/mol. The summed E-state index contributed by atoms with van der Waals surface area (Å²) in [4.78, 5) is 2.34. The van der Waals surface area contributed by atoms with Crippen LogP contribution in [0.4, 0.5) is 0 Å². The van der Waals surface area contributed by atoms with E-state index in [4.69, 9.17) is 23.1 Å². The van der Waals surface area contributed by atoms with Crippen LogP contribution in [0.3, 0.4) is 0 Å². The van der Waals surface area contributed by atoms with E-state index in [2.05, 4.69) is 24.9 Å². The highest BCUT2D eigenvalue weighted by molar-refractivity contribution is 6.66. The zero-order chi connectivity index (χ0) is 18.8. The lowest BCUT2D eigenvalue weighted by molar-refractivity contribution is -0.267. The third-order valence-electron chi connectivity index (χ3n) is 4.38. The molecule has 1 fully saturated rings. The first-order chi connectivity index (χ1) is 12.0. The molecule has 1 rings (SSSR count). The fraction of sp³-hybridized carbons (Fsp3) is 1.00. The summed E-state index contributed by atoms with van der Waals surface area (Å²) in [6.07, 6.45) is 3.00. The molecule has 8 heteroatoms. The molecule has 25 heavy (non-hydrogen) atoms. The Kier molecular flexibility index (Phi) is 11.0. The molecule has 0 bridgehead atoms. The largest absolute Gasteiger partial charge is 0.394 e. The van der Waals surface area contributed by atoms with Crippen molar-refractivity contribution in [2.24, 2.45) is 0 Å². The van der Waals surface area contributed by atoms with Crippen LogP contribution in [-0.2, 0) is 23.1 Å². The fourth-order valence-corrected chi connectivity index (χ4v) is 7.86. The Bertz CT molecular complexity index is 358. The lowest BCUT2D eigenvalue weighted by Gasteiger charge is -2.50. The van der Waals surface area contributed by atoms with Crippen LogP contribution in [0.2, 0.25) is 13.1 Å². The van der Waals surface area contributed by atoms with E-state index in [0.29, 0.717) is 26.4 Å². The van der Waals surface area contributed by atoms with Crippen molar-refractivity contribution in [3.63, 3.8) is 0 Å². The standard InChI is InChI=1S/C17H39NO5Si2/c1-7-11-12-19-14-16-13-18(15-25(6,23-16)22-10-4)17(24-5,20-8-2)21-9-3/h16H,7-15,24H2,1-6H3. The van der Waals surface area contributed by atoms with Gasteiger partial charge in [-0.15, -0.1) is 0 Å². The van der Waals surface area contributed by atoms with Crippen molar-refractivity contribution in [1.29, 1.82) is 0 Å². The quantitative estimate of drug-likeness (QED) is 0.271. The minimum Gasteiger partial charge on any atom is -0.394 e. The summed E-state index contributed by atoms with van der Waals surface area (Å²) in [5.74, 6) is 0. The fourth-order valence-electron chi connectivity index (χ4n) is 3.38. The molecule has 0 aromatic heterocycles. The maximum Gasteiger partial charge on any atom is 0.350 e. The summed E-state index contributed by atoms with van der Waals surface area (Å²) < 4.78 is 30.6. The van der Waals surface area contributed by atoms with E-state index in [1.54, 1.807) is 0 Å². The second-order valence-corrected chi connectivity index (χ2v) is 11.3. The van der Waals surface area contributed by atoms with Gasteiger partial charge in [-0.1, -0.05) is 19.9 Å². The van der Waals surface area contributed by atoms with Crippen LogP contribution in [0.1, 0.15) is 40.5 Å². The van der Waals surface area contributed by atoms with Crippen LogP contribution in [-0.4, -0.2) is 80.4 Å². The summed E-state index contributed by atoms with van der Waals surface area (Å²) in [6.45, 7) is 16.7. The Morgan fingerprint density at radius 2 is 1.84 bits per heavy atom. The SMILES string of the molecule is CCCCOCC1CN(C(OCC)(OCC)[SiH2]C)C[Si](C)(OCC)O1. The van der Waals surface area contributed by atoms with Gasteiger partial charge in [-0.25, -0.2) is 0 Å². The van der Waals surface area contributed by atoms with Crippen LogP contribution in [0.5, 0.6) is 0 Å². The van der Waals surface area contributed by atoms with Gasteiger partial charge in [0.25, 0.3) is 0 Å². The second-order valence-electron chi connectivity index (χ2n) is 6.55. The molecule has 0 aromatic rings. The number of unbranched alkanes of at least 4 members (excludes halogenated alkanes) is 1. The van der Waals surface area contributed by atoms with Crippen LogP contribution in [0.25, 0.3) is 0 Å². The molecule has 0 saturated carbocycles. The third kappa shape index (κ3) is 7.02. The Morgan fingerprint density at radius 1 is 1.16 bits per heavy atom. The molecule has 1 aliphatic heterocycles. The Morgan fingerprint density at radius 3 is 2.36 bits per heavy atom. The number of hydrogen-bond acceptors (Lipinski definition) is 6. The zero-order valence-corrected chi connectivity index (χ0v) is 19.6. The van der Waals surface area contributed by atoms with Gasteiger partial charge in [-0.3, -0.25) is 4.90 Å². The molecule has 0 spiro atoms. The van der Waals surface area contributed by atoms with Crippen molar-refractivity contribution < 1.29 is 23.1 Å². The summed E-state index contributed by atoms with van der Waals surface area (Å²) in [5, 5.41) is 0. The highest BCUT2D eigenvalue weighted by Gasteiger charge is 2.49. The van der Waals surface area contributed by atoms with E-state index < -0.39 is 23.6 Å². The molecule has 1 saturated heterocycles. The van der Waals surface area contributed by atoms with Crippen molar-refractivity contribution in [1.82, 2.24) is 4.90 Å². The van der Waals surface area contributed by atoms with Gasteiger partial charge in [-0.2, -0.15) is 0 Å². The molecule has 2 unspecified atom stereocenters. The van der Waals surface area contributed by atoms with Gasteiger partial charge < -0.3 is 23.1 Å². The van der Waals surface area contributed by atoms with E-state index >= 15 is 0 Å². The topological polar surface area (TPSA) is 49.4 Å². The number of ether oxygens (including phenoxy) is 3. The molecular formula is C17H39NO5Si2. The average Bonchev–Trinajstić information content (AvgIpc) is 2.58. The Labute approximate surface area is 157 Å². The zero-order valence-electron chi connectivity index (χ0n) is 17.1. The Balaban J connectivity index is 2.90. The van der Waals surface area contributed by atoms with Gasteiger partial charge in [0.05, 0.1) is 12.7 Å². The third-order valence-corrected chi connectivity index (χ3v) is 8.82. The van der Waals surface area contributed by atoms with Crippen molar-refractivity contribution in [2.45, 2.75) is 65.3 Å². The van der Waals surface area contributed by atoms with Gasteiger partial charge in [-0.05, 0) is 33.7 Å². The van der Waals surface area contributed by atoms with Gasteiger partial charge in [0.15, 0.2) is 5.53 Å². The normalized spacial score (nSPS) is 25.9. The smallest absolute Gasteiger partial charge is 0.350 e. The number of nitrogens with zero attached hydrogens (tertiary/aromatic N) is 1. The van der Waals surface area contributed by atoms with E-state index in [0.717, 1.165) is 32.2 Å². The van der Waals surface area contributed by atoms with Gasteiger partial charge in [0.2, 0.25) is 0 Å². The molecule has 150 valence electrons. The first-order valence-electron chi connectivity index (χ1n) is 9.91. The molecule has 2 atom stereocenters. The van der Waals surface area contributed by atoms with Gasteiger partial charge >= 0.3 is 8.56 Å². The van der Waals surface area contributed by atoms with Crippen LogP contribution < -0.4 is 0 Å². The molecular weight excluding hydrogens is 354 g/mol. The molecule has 0 aliphatic carbocycles. The molecule has 0 N–H and O–H groups in total. The summed E-state index contributed by atoms with van der Waals surface area (Å²) in [7, 11) is -2.91. The first kappa shape index (κ1) is 23.2. The monoisotopic (exact) mass is 393 g/mol. The number of hydrogen-bond donors (Lipinski definition) is 0. The van der Waals surface area contributed by atoms with E-state index in [1.165, 1.54) is 0 Å². The maximum atomic E-state index is 6.38. The van der Waals surface area contributed by atoms with Crippen LogP contribution >= 0.6 is 0 Å². The minimum absolute atomic E-state index is 0.00894. The molecule has 0 amide bonds. The highest BCUT2D eigenvalue weighted by atomic mass is 28.4. The van der Waals surface area contributed by atoms with Crippen molar-refractivity contribution in [3.05, 3.63) is 0 Å². The lowest BCUT2D eigenvalue weighted by Crippen LogP contribution is -2.69. The summed E-state index contributed by atoms with van der Waals surface area (Å²) >= 11 is 0. The molecule has 6 nitrogen and oxygen atoms in total. The maximum absolute atomic E-state index is 6.38. The van der Waals surface area contributed by atoms with Gasteiger partial charge in [0.1, 0.15) is 9.52 Å². The predicted molar refractivity (Wildman–Crippen MR) is 106 cm³/mol. The Hall–Kier alpha value is 0.194. The van der Waals surface area contributed by atoms with Crippen LogP contribution in [0, 0.1) is 0 Å². The second kappa shape index (κ2) is 11.8. The van der Waals surface area contributed by atoms with Crippen LogP contribution in [0.15, 0.2) is 0 Å². The molecule has 1 heterocycles.